The third-order valence-electron chi connectivity index (χ3n) is 11.1. The van der Waals surface area contributed by atoms with E-state index >= 15 is 0 Å². The Kier molecular flexibility index (Phi) is 19.4. The first-order chi connectivity index (χ1) is 35.5. The Morgan fingerprint density at radius 2 is 1.11 bits per heavy atom. The maximum Gasteiger partial charge on any atom is 0.425 e. The molecule has 0 bridgehead atoms. The minimum atomic E-state index is -4.80. The molecule has 29 heteroatoms. The number of benzene rings is 4. The molecule has 0 saturated heterocycles. The maximum absolute atomic E-state index is 12.7. The maximum atomic E-state index is 12.7. The van der Waals surface area contributed by atoms with E-state index in [4.69, 9.17) is 46.9 Å². The largest absolute Gasteiger partial charge is 0.495 e. The van der Waals surface area contributed by atoms with Crippen LogP contribution in [0.4, 0.5) is 62.0 Å². The average Bonchev–Trinajstić information content (AvgIpc) is 3.98. The van der Waals surface area contributed by atoms with Gasteiger partial charge in [-0.3, -0.25) is 4.55 Å². The highest BCUT2D eigenvalue weighted by Crippen LogP contribution is 2.45. The predicted molar refractivity (Wildman–Crippen MR) is 284 cm³/mol. The minimum absolute atomic E-state index is 0.0225. The summed E-state index contributed by atoms with van der Waals surface area (Å²) in [6, 6.07) is 16.0. The number of aliphatic hydroxyl groups excluding tert-OH is 2. The Morgan fingerprint density at radius 1 is 0.635 bits per heavy atom. The van der Waals surface area contributed by atoms with Crippen LogP contribution in [0.2, 0.25) is 0 Å². The Morgan fingerprint density at radius 3 is 1.58 bits per heavy atom. The van der Waals surface area contributed by atoms with Crippen LogP contribution in [-0.4, -0.2) is 133 Å². The van der Waals surface area contributed by atoms with Gasteiger partial charge in [-0.1, -0.05) is 11.6 Å². The van der Waals surface area contributed by atoms with Crippen molar-refractivity contribution in [3.8, 4) is 17.2 Å². The van der Waals surface area contributed by atoms with Crippen molar-refractivity contribution in [3.05, 3.63) is 60.2 Å². The number of nitrogens with zero attached hydrogens (tertiary/aromatic N) is 12. The fourth-order valence-corrected chi connectivity index (χ4v) is 9.94. The van der Waals surface area contributed by atoms with Gasteiger partial charge in [0.1, 0.15) is 33.5 Å². The first-order valence-corrected chi connectivity index (χ1v) is 26.6. The molecule has 0 unspecified atom stereocenters. The lowest BCUT2D eigenvalue weighted by atomic mass is 10.2. The van der Waals surface area contributed by atoms with Gasteiger partial charge in [0, 0.05) is 56.8 Å². The lowest BCUT2D eigenvalue weighted by Crippen LogP contribution is -2.31. The van der Waals surface area contributed by atoms with E-state index in [9.17, 15) is 23.2 Å². The summed E-state index contributed by atoms with van der Waals surface area (Å²) < 4.78 is 86.9. The quantitative estimate of drug-likeness (QED) is 0.0296. The van der Waals surface area contributed by atoms with Crippen LogP contribution >= 0.6 is 23.1 Å². The first-order valence-electron chi connectivity index (χ1n) is 22.7. The van der Waals surface area contributed by atoms with Crippen LogP contribution in [0.1, 0.15) is 33.3 Å². The van der Waals surface area contributed by atoms with Crippen molar-refractivity contribution in [1.29, 1.82) is 0 Å². The molecule has 25 nitrogen and oxygen atoms in total. The van der Waals surface area contributed by atoms with E-state index in [0.29, 0.717) is 65.4 Å². The Bertz CT molecular complexity index is 3380. The summed E-state index contributed by atoms with van der Waals surface area (Å²) in [6.45, 7) is 12.3. The van der Waals surface area contributed by atoms with E-state index in [2.05, 4.69) is 44.5 Å². The van der Waals surface area contributed by atoms with Crippen molar-refractivity contribution in [1.82, 2.24) is 23.7 Å². The Balaban J connectivity index is 0.00000215. The van der Waals surface area contributed by atoms with E-state index in [-0.39, 0.29) is 71.5 Å². The van der Waals surface area contributed by atoms with Gasteiger partial charge in [0.2, 0.25) is 17.8 Å². The molecule has 0 atom stereocenters. The van der Waals surface area contributed by atoms with E-state index in [1.54, 1.807) is 36.3 Å². The van der Waals surface area contributed by atoms with Crippen molar-refractivity contribution in [2.75, 3.05) is 99.1 Å². The molecule has 0 radical (unpaired) electrons. The van der Waals surface area contributed by atoms with Crippen molar-refractivity contribution in [2.24, 2.45) is 20.5 Å². The molecule has 0 spiro atoms. The number of methoxy groups -OCH3 is 3. The van der Waals surface area contributed by atoms with Gasteiger partial charge in [-0.25, -0.2) is 0 Å². The molecular weight excluding hydrogens is 1040 g/mol. The number of hydrogen-bond acceptors (Lipinski definition) is 26. The lowest BCUT2D eigenvalue weighted by Gasteiger charge is -2.25. The van der Waals surface area contributed by atoms with E-state index in [0.717, 1.165) is 33.7 Å². The zero-order chi connectivity index (χ0) is 53.7. The van der Waals surface area contributed by atoms with Gasteiger partial charge in [0.05, 0.1) is 73.7 Å². The molecule has 74 heavy (non-hydrogen) atoms. The van der Waals surface area contributed by atoms with Crippen LogP contribution in [0.25, 0.3) is 21.8 Å². The van der Waals surface area contributed by atoms with Crippen LogP contribution in [0.3, 0.4) is 0 Å². The van der Waals surface area contributed by atoms with Crippen molar-refractivity contribution in [3.63, 3.8) is 0 Å². The molecule has 0 amide bonds. The van der Waals surface area contributed by atoms with Gasteiger partial charge in [-0.2, -0.15) is 32.1 Å². The molecule has 7 rings (SSSR count). The van der Waals surface area contributed by atoms with E-state index < -0.39 is 25.6 Å². The number of azo groups is 2. The number of nitrogens with one attached hydrogen (secondary N) is 2. The number of aryl methyl sites for hydroxylation is 1. The molecule has 0 aliphatic heterocycles. The molecule has 394 valence electrons. The zero-order valence-corrected chi connectivity index (χ0v) is 44.7. The highest BCUT2D eigenvalue weighted by Gasteiger charge is 2.26. The fraction of sp³-hybridized carbons (Fsp3) is 0.356. The second-order valence-corrected chi connectivity index (χ2v) is 18.7. The van der Waals surface area contributed by atoms with Crippen molar-refractivity contribution in [2.45, 2.75) is 39.5 Å². The highest BCUT2D eigenvalue weighted by molar-refractivity contribution is 7.86. The van der Waals surface area contributed by atoms with E-state index in [1.165, 1.54) is 31.8 Å². The summed E-state index contributed by atoms with van der Waals surface area (Å²) >= 11 is 2.11. The summed E-state index contributed by atoms with van der Waals surface area (Å²) in [5, 5.41) is 46.9. The molecule has 7 aromatic rings. The van der Waals surface area contributed by atoms with Gasteiger partial charge >= 0.3 is 10.6 Å². The van der Waals surface area contributed by atoms with Crippen LogP contribution in [0, 0.1) is 6.92 Å². The summed E-state index contributed by atoms with van der Waals surface area (Å²) in [5.41, 5.74) is 5.03. The lowest BCUT2D eigenvalue weighted by molar-refractivity contribution is 0.280. The molecule has 3 aromatic heterocycles. The monoisotopic (exact) mass is 1090 g/mol. The number of fused-ring (bicyclic) bond motifs is 2. The molecule has 0 aliphatic carbocycles. The van der Waals surface area contributed by atoms with Crippen LogP contribution in [-0.2, 0) is 20.7 Å². The molecular formula is C45H54N14O11S4. The SMILES string of the molecule is CCN(CC)c1cc(Nc2nc(Nc3cc(N(CC)CC)c(OC)cc3N=Nc3snc4ccc(OC)c(S(=O)(=O)O)c34)nc(N(CCO)CCO)n2)c(N=Nc2snc3ccc(C)cc23)cc1OC.O=S(=O)=O. The number of aromatic nitrogens is 5. The van der Waals surface area contributed by atoms with Crippen LogP contribution in [0.5, 0.6) is 17.2 Å². The molecule has 4 aromatic carbocycles. The number of ether oxygens (including phenoxy) is 3. The van der Waals surface area contributed by atoms with Crippen LogP contribution in [0.15, 0.2) is 79.9 Å². The van der Waals surface area contributed by atoms with E-state index in [1.807, 2.05) is 58.9 Å². The number of anilines is 7. The number of rotatable bonds is 23. The van der Waals surface area contributed by atoms with Gasteiger partial charge in [0.25, 0.3) is 10.1 Å². The van der Waals surface area contributed by atoms with Crippen molar-refractivity contribution < 1.29 is 50.0 Å². The number of hydrogen-bond donors (Lipinski definition) is 5. The summed E-state index contributed by atoms with van der Waals surface area (Å²) in [5.74, 6) is 1.12. The minimum Gasteiger partial charge on any atom is -0.495 e. The first kappa shape index (κ1) is 56.0. The fourth-order valence-electron chi connectivity index (χ4n) is 7.62. The summed E-state index contributed by atoms with van der Waals surface area (Å²) in [4.78, 5) is 19.7. The zero-order valence-electron chi connectivity index (χ0n) is 41.5. The van der Waals surface area contributed by atoms with Gasteiger partial charge in [-0.15, -0.1) is 33.1 Å². The molecule has 5 N–H and O–H groups in total. The third-order valence-corrected chi connectivity index (χ3v) is 13.5. The topological polar surface area (TPSA) is 321 Å². The van der Waals surface area contributed by atoms with Crippen molar-refractivity contribution >= 4 is 128 Å². The predicted octanol–water partition coefficient (Wildman–Crippen LogP) is 8.47. The Hall–Kier alpha value is -7.28. The number of aliphatic hydroxyl groups is 2. The average molecular weight is 1100 g/mol. The smallest absolute Gasteiger partial charge is 0.425 e. The normalized spacial score (nSPS) is 11.5. The van der Waals surface area contributed by atoms with Gasteiger partial charge in [-0.05, 0) is 94.1 Å². The summed E-state index contributed by atoms with van der Waals surface area (Å²) in [6.07, 6.45) is 0. The Labute approximate surface area is 435 Å². The molecule has 0 aliphatic rings. The van der Waals surface area contributed by atoms with Gasteiger partial charge < -0.3 is 49.8 Å². The molecule has 3 heterocycles. The molecule has 0 fully saturated rings. The second kappa shape index (κ2) is 25.6. The standard InChI is InChI=1S/C45H54N14O8S3.O3S/c1-9-57(10-2)34-22-30(32(24-37(34)66-7)51-53-41-27-21-26(5)13-14-28(27)55-68-41)46-43-48-44(50-45(49-43)59(17-19-60)18-20-61)47-31-23-35(58(11-3)12-4)38(67-8)25-33(31)52-54-42-39-29(56-69-42)15-16-36(65-6)40(39)70(62,63)64;1-4(2)3/h13-16,21-25,60-61H,9-12,17-20H2,1-8H3,(H,62,63,64)(H2,46,47,48,49,50);. The van der Waals surface area contributed by atoms with Gasteiger partial charge in [0.15, 0.2) is 10.0 Å². The molecule has 0 saturated carbocycles. The highest BCUT2D eigenvalue weighted by atomic mass is 32.2. The second-order valence-electron chi connectivity index (χ2n) is 15.5. The third kappa shape index (κ3) is 13.3. The summed E-state index contributed by atoms with van der Waals surface area (Å²) in [7, 11) is -3.50. The van der Waals surface area contributed by atoms with Crippen LogP contribution < -0.4 is 39.5 Å².